The predicted molar refractivity (Wildman–Crippen MR) is 86.5 cm³/mol. The molecule has 0 aromatic carbocycles. The van der Waals surface area contributed by atoms with Gasteiger partial charge in [-0.15, -0.1) is 0 Å². The molecule has 2 rings (SSSR count). The predicted octanol–water partition coefficient (Wildman–Crippen LogP) is 1.19. The minimum absolute atomic E-state index is 0.0869. The second kappa shape index (κ2) is 9.45. The third kappa shape index (κ3) is 7.54. The maximum absolute atomic E-state index is 10.8. The summed E-state index contributed by atoms with van der Waals surface area (Å²) < 4.78 is 37.4. The van der Waals surface area contributed by atoms with Gasteiger partial charge in [0.05, 0.1) is 31.6 Å². The van der Waals surface area contributed by atoms with E-state index in [1.807, 2.05) is 12.2 Å². The highest BCUT2D eigenvalue weighted by Crippen LogP contribution is 2.32. The molecule has 0 aromatic heterocycles. The first-order valence-electron chi connectivity index (χ1n) is 8.10. The number of ether oxygens (including phenoxy) is 1. The second-order valence-electron chi connectivity index (χ2n) is 6.12. The molecule has 0 amide bonds. The molecule has 0 bridgehead atoms. The Morgan fingerprint density at radius 1 is 1.23 bits per heavy atom. The van der Waals surface area contributed by atoms with Crippen LogP contribution in [0.3, 0.4) is 0 Å². The smallest absolute Gasteiger partial charge is 0.105 e. The molecule has 6 heteroatoms. The van der Waals surface area contributed by atoms with Gasteiger partial charge in [0.2, 0.25) is 0 Å². The van der Waals surface area contributed by atoms with E-state index in [4.69, 9.17) is 4.74 Å². The van der Waals surface area contributed by atoms with Crippen LogP contribution in [0, 0.1) is 5.41 Å². The van der Waals surface area contributed by atoms with Crippen molar-refractivity contribution in [3.63, 3.8) is 0 Å². The molecule has 0 aromatic rings. The standard InChI is InChI=1S/C12H20O3S.C4H9NO/c1-3-4-5-8-12(2)9-6-11(7-10-12)16(13,14)15;1-3-6-4-2-5-1/h6-7,9-11H,3-5,8H2,1-2H3,(H,13,14,15);5H,1-4H2. The lowest BCUT2D eigenvalue weighted by Crippen LogP contribution is -2.87. The van der Waals surface area contributed by atoms with E-state index in [0.717, 1.165) is 39.1 Å². The lowest BCUT2D eigenvalue weighted by atomic mass is 9.81. The first kappa shape index (κ1) is 19.4. The molecule has 1 heterocycles. The number of allylic oxidation sites excluding steroid dienone is 2. The van der Waals surface area contributed by atoms with E-state index in [1.165, 1.54) is 25.0 Å². The molecule has 1 aliphatic carbocycles. The Kier molecular flexibility index (Phi) is 8.31. The zero-order valence-electron chi connectivity index (χ0n) is 13.7. The molecule has 1 fully saturated rings. The highest BCUT2D eigenvalue weighted by Gasteiger charge is 2.22. The summed E-state index contributed by atoms with van der Waals surface area (Å²) in [7, 11) is -4.22. The summed E-state index contributed by atoms with van der Waals surface area (Å²) in [6.45, 7) is 8.40. The monoisotopic (exact) mass is 331 g/mol. The van der Waals surface area contributed by atoms with Crippen LogP contribution in [-0.2, 0) is 14.9 Å². The summed E-state index contributed by atoms with van der Waals surface area (Å²) in [6.07, 6.45) is 11.2. The van der Waals surface area contributed by atoms with Gasteiger partial charge in [0.25, 0.3) is 0 Å². The first-order valence-corrected chi connectivity index (χ1v) is 9.57. The lowest BCUT2D eigenvalue weighted by molar-refractivity contribution is -0.670. The summed E-state index contributed by atoms with van der Waals surface area (Å²) in [5.74, 6) is 0. The van der Waals surface area contributed by atoms with Crippen molar-refractivity contribution < 1.29 is 23.0 Å². The number of unbranched alkanes of at least 4 members (excludes halogenated alkanes) is 2. The normalized spacial score (nSPS) is 28.0. The number of hydrogen-bond donors (Lipinski definition) is 1. The molecular formula is C16H29NO4S. The van der Waals surface area contributed by atoms with Crippen LogP contribution < -0.4 is 5.32 Å². The van der Waals surface area contributed by atoms with Crippen LogP contribution in [0.5, 0.6) is 0 Å². The topological polar surface area (TPSA) is 83.0 Å². The van der Waals surface area contributed by atoms with E-state index in [0.29, 0.717) is 0 Å². The van der Waals surface area contributed by atoms with Crippen molar-refractivity contribution in [2.45, 2.75) is 44.8 Å². The van der Waals surface area contributed by atoms with Gasteiger partial charge in [0.15, 0.2) is 0 Å². The quantitative estimate of drug-likeness (QED) is 0.466. The summed E-state index contributed by atoms with van der Waals surface area (Å²) in [4.78, 5) is 0. The first-order chi connectivity index (χ1) is 10.4. The van der Waals surface area contributed by atoms with Crippen molar-refractivity contribution in [2.24, 2.45) is 5.41 Å². The van der Waals surface area contributed by atoms with Crippen molar-refractivity contribution >= 4 is 10.1 Å². The van der Waals surface area contributed by atoms with Gasteiger partial charge in [-0.2, -0.15) is 0 Å². The molecule has 0 saturated carbocycles. The van der Waals surface area contributed by atoms with Gasteiger partial charge < -0.3 is 14.6 Å². The molecule has 0 atom stereocenters. The fourth-order valence-corrected chi connectivity index (χ4v) is 2.99. The van der Waals surface area contributed by atoms with Gasteiger partial charge >= 0.3 is 0 Å². The Bertz CT molecular complexity index is 441. The van der Waals surface area contributed by atoms with Gasteiger partial charge in [-0.05, 0) is 6.42 Å². The van der Waals surface area contributed by atoms with Crippen LogP contribution in [-0.4, -0.2) is 44.5 Å². The van der Waals surface area contributed by atoms with E-state index >= 15 is 0 Å². The molecule has 0 radical (unpaired) electrons. The number of nitrogens with two attached hydrogens (primary N) is 1. The van der Waals surface area contributed by atoms with Gasteiger partial charge in [0, 0.05) is 5.41 Å². The van der Waals surface area contributed by atoms with Crippen LogP contribution in [0.4, 0.5) is 0 Å². The van der Waals surface area contributed by atoms with Crippen molar-refractivity contribution in [2.75, 3.05) is 26.3 Å². The third-order valence-electron chi connectivity index (χ3n) is 3.92. The second-order valence-corrected chi connectivity index (χ2v) is 7.65. The summed E-state index contributed by atoms with van der Waals surface area (Å²) in [6, 6.07) is 0. The fourth-order valence-electron chi connectivity index (χ4n) is 2.44. The van der Waals surface area contributed by atoms with Crippen LogP contribution >= 0.6 is 0 Å². The fraction of sp³-hybridized carbons (Fsp3) is 0.750. The molecular weight excluding hydrogens is 302 g/mol. The molecule has 5 nitrogen and oxygen atoms in total. The Morgan fingerprint density at radius 2 is 1.82 bits per heavy atom. The number of rotatable bonds is 5. The molecule has 0 spiro atoms. The van der Waals surface area contributed by atoms with Crippen LogP contribution in [0.1, 0.15) is 39.5 Å². The van der Waals surface area contributed by atoms with Crippen molar-refractivity contribution in [3.8, 4) is 0 Å². The molecule has 1 aliphatic heterocycles. The Balaban J connectivity index is 0.000000335. The lowest BCUT2D eigenvalue weighted by Gasteiger charge is -2.27. The van der Waals surface area contributed by atoms with E-state index in [-0.39, 0.29) is 5.41 Å². The minimum atomic E-state index is -4.22. The maximum atomic E-state index is 10.8. The highest BCUT2D eigenvalue weighted by atomic mass is 32.2. The summed E-state index contributed by atoms with van der Waals surface area (Å²) in [5.41, 5.74) is -0.0869. The van der Waals surface area contributed by atoms with Crippen molar-refractivity contribution in [1.29, 1.82) is 0 Å². The average molecular weight is 331 g/mol. The molecule has 2 N–H and O–H groups in total. The van der Waals surface area contributed by atoms with Crippen LogP contribution in [0.15, 0.2) is 24.3 Å². The highest BCUT2D eigenvalue weighted by molar-refractivity contribution is 7.86. The molecule has 22 heavy (non-hydrogen) atoms. The average Bonchev–Trinajstić information content (AvgIpc) is 2.49. The van der Waals surface area contributed by atoms with Crippen LogP contribution in [0.2, 0.25) is 0 Å². The third-order valence-corrected chi connectivity index (χ3v) is 4.90. The minimum Gasteiger partial charge on any atom is -0.747 e. The number of morpholine rings is 1. The van der Waals surface area contributed by atoms with Gasteiger partial charge in [-0.3, -0.25) is 0 Å². The number of hydrogen-bond acceptors (Lipinski definition) is 4. The maximum Gasteiger partial charge on any atom is 0.105 e. The van der Waals surface area contributed by atoms with Gasteiger partial charge in [-0.25, -0.2) is 8.42 Å². The largest absolute Gasteiger partial charge is 0.747 e. The Hall–Kier alpha value is -0.690. The summed E-state index contributed by atoms with van der Waals surface area (Å²) in [5, 5.41) is 1.29. The van der Waals surface area contributed by atoms with Gasteiger partial charge in [-0.1, -0.05) is 57.4 Å². The molecule has 1 saturated heterocycles. The Morgan fingerprint density at radius 3 is 2.18 bits per heavy atom. The SMILES string of the molecule is C1COCC[NH2+]1.CCCCCC1(C)C=CC(S(=O)(=O)[O-])C=C1. The van der Waals surface area contributed by atoms with E-state index in [9.17, 15) is 13.0 Å². The van der Waals surface area contributed by atoms with Crippen molar-refractivity contribution in [3.05, 3.63) is 24.3 Å². The zero-order valence-corrected chi connectivity index (χ0v) is 14.5. The molecule has 128 valence electrons. The van der Waals surface area contributed by atoms with Gasteiger partial charge in [0.1, 0.15) is 10.1 Å². The van der Waals surface area contributed by atoms with E-state index in [2.05, 4.69) is 19.2 Å². The number of quaternary nitrogens is 1. The molecule has 2 aliphatic rings. The molecule has 0 unspecified atom stereocenters. The van der Waals surface area contributed by atoms with E-state index < -0.39 is 15.4 Å². The van der Waals surface area contributed by atoms with Crippen LogP contribution in [0.25, 0.3) is 0 Å². The van der Waals surface area contributed by atoms with Crippen molar-refractivity contribution in [1.82, 2.24) is 0 Å². The summed E-state index contributed by atoms with van der Waals surface area (Å²) >= 11 is 0. The Labute approximate surface area is 134 Å². The van der Waals surface area contributed by atoms with E-state index in [1.54, 1.807) is 0 Å². The zero-order chi connectivity index (χ0) is 16.5.